The fourth-order valence-corrected chi connectivity index (χ4v) is 1.79. The first-order valence-electron chi connectivity index (χ1n) is 6.32. The number of carbonyl (C=O) groups is 1. The summed E-state index contributed by atoms with van der Waals surface area (Å²) in [7, 11) is 0. The smallest absolute Gasteiger partial charge is 0.256 e. The minimum atomic E-state index is -0.448. The molecule has 21 heavy (non-hydrogen) atoms. The van der Waals surface area contributed by atoms with E-state index in [1.165, 1.54) is 18.3 Å². The molecule has 0 radical (unpaired) electrons. The summed E-state index contributed by atoms with van der Waals surface area (Å²) in [5, 5.41) is 2.61. The third-order valence-electron chi connectivity index (χ3n) is 2.64. The maximum Gasteiger partial charge on any atom is 0.256 e. The Labute approximate surface area is 122 Å². The van der Waals surface area contributed by atoms with Crippen LogP contribution in [-0.2, 0) is 0 Å². The highest BCUT2D eigenvalue weighted by atomic mass is 19.1. The molecule has 1 aromatic carbocycles. The van der Waals surface area contributed by atoms with E-state index in [2.05, 4.69) is 22.1 Å². The van der Waals surface area contributed by atoms with Crippen molar-refractivity contribution >= 4 is 11.7 Å². The topological polar surface area (TPSA) is 68.0 Å². The number of nitrogens with one attached hydrogen (secondary N) is 1. The van der Waals surface area contributed by atoms with Crippen LogP contribution in [0.3, 0.4) is 0 Å². The van der Waals surface area contributed by atoms with Gasteiger partial charge in [0.05, 0.1) is 6.54 Å². The van der Waals surface area contributed by atoms with E-state index in [1.807, 2.05) is 0 Å². The number of anilines is 1. The van der Waals surface area contributed by atoms with Crippen LogP contribution in [0.4, 0.5) is 10.2 Å². The molecule has 4 nitrogen and oxygen atoms in total. The van der Waals surface area contributed by atoms with E-state index in [9.17, 15) is 9.18 Å². The number of nitrogens with two attached hydrogens (primary N) is 1. The molecule has 2 aromatic rings. The van der Waals surface area contributed by atoms with Crippen LogP contribution in [0.15, 0.2) is 36.5 Å². The summed E-state index contributed by atoms with van der Waals surface area (Å²) in [6, 6.07) is 7.49. The van der Waals surface area contributed by atoms with Crippen molar-refractivity contribution in [1.82, 2.24) is 4.98 Å². The highest BCUT2D eigenvalue weighted by molar-refractivity contribution is 6.03. The summed E-state index contributed by atoms with van der Waals surface area (Å²) < 4.78 is 13.3. The zero-order chi connectivity index (χ0) is 15.2. The average Bonchev–Trinajstić information content (AvgIpc) is 2.44. The van der Waals surface area contributed by atoms with Gasteiger partial charge in [-0.25, -0.2) is 9.37 Å². The third kappa shape index (κ3) is 4.13. The van der Waals surface area contributed by atoms with Gasteiger partial charge in [0.15, 0.2) is 0 Å². The number of hydrogen-bond acceptors (Lipinski definition) is 3. The predicted octanol–water partition coefficient (Wildman–Crippen LogP) is 2.09. The first-order valence-corrected chi connectivity index (χ1v) is 6.32. The lowest BCUT2D eigenvalue weighted by atomic mass is 10.1. The van der Waals surface area contributed by atoms with Crippen molar-refractivity contribution < 1.29 is 9.18 Å². The molecule has 106 valence electrons. The number of carbonyl (C=O) groups excluding carboxylic acids is 1. The van der Waals surface area contributed by atoms with Crippen LogP contribution in [-0.4, -0.2) is 17.4 Å². The molecular formula is C16H14FN3O. The minimum absolute atomic E-state index is 0.243. The van der Waals surface area contributed by atoms with Crippen LogP contribution in [0, 0.1) is 24.6 Å². The molecule has 0 aliphatic carbocycles. The van der Waals surface area contributed by atoms with Gasteiger partial charge in [0, 0.05) is 17.3 Å². The monoisotopic (exact) mass is 283 g/mol. The molecule has 0 saturated heterocycles. The van der Waals surface area contributed by atoms with Gasteiger partial charge in [-0.05, 0) is 42.8 Å². The van der Waals surface area contributed by atoms with E-state index in [-0.39, 0.29) is 12.1 Å². The standard InChI is InChI=1S/C16H14FN3O/c1-11-7-13(10-14(17)8-11)16(21)20-15-9-12(3-2-5-18)4-6-19-15/h4,6-10H,5,18H2,1H3,(H,19,20,21). The highest BCUT2D eigenvalue weighted by Gasteiger charge is 2.09. The van der Waals surface area contributed by atoms with Gasteiger partial charge >= 0.3 is 0 Å². The van der Waals surface area contributed by atoms with Gasteiger partial charge in [-0.1, -0.05) is 11.8 Å². The molecule has 0 aliphatic heterocycles. The van der Waals surface area contributed by atoms with E-state index in [1.54, 1.807) is 25.1 Å². The Morgan fingerprint density at radius 1 is 1.38 bits per heavy atom. The Morgan fingerprint density at radius 3 is 2.90 bits per heavy atom. The molecule has 0 fully saturated rings. The number of aryl methyl sites for hydroxylation is 1. The number of rotatable bonds is 2. The van der Waals surface area contributed by atoms with Crippen LogP contribution < -0.4 is 11.1 Å². The van der Waals surface area contributed by atoms with E-state index < -0.39 is 11.7 Å². The predicted molar refractivity (Wildman–Crippen MR) is 79.3 cm³/mol. The second kappa shape index (κ2) is 6.64. The van der Waals surface area contributed by atoms with Crippen LogP contribution in [0.25, 0.3) is 0 Å². The van der Waals surface area contributed by atoms with Crippen molar-refractivity contribution in [3.8, 4) is 11.8 Å². The van der Waals surface area contributed by atoms with Gasteiger partial charge < -0.3 is 11.1 Å². The average molecular weight is 283 g/mol. The Hall–Kier alpha value is -2.71. The van der Waals surface area contributed by atoms with E-state index in [0.29, 0.717) is 16.9 Å². The van der Waals surface area contributed by atoms with Crippen LogP contribution in [0.1, 0.15) is 21.5 Å². The number of amides is 1. The molecule has 2 rings (SSSR count). The Balaban J connectivity index is 2.19. The molecule has 1 heterocycles. The molecule has 0 bridgehead atoms. The quantitative estimate of drug-likeness (QED) is 0.829. The lowest BCUT2D eigenvalue weighted by molar-refractivity contribution is 0.102. The zero-order valence-electron chi connectivity index (χ0n) is 11.5. The molecule has 1 amide bonds. The second-order valence-electron chi connectivity index (χ2n) is 4.41. The molecule has 0 spiro atoms. The van der Waals surface area contributed by atoms with Crippen molar-refractivity contribution in [3.05, 3.63) is 59.0 Å². The van der Waals surface area contributed by atoms with Gasteiger partial charge in [0.1, 0.15) is 11.6 Å². The Bertz CT molecular complexity index is 712. The van der Waals surface area contributed by atoms with Crippen LogP contribution in [0.5, 0.6) is 0 Å². The first kappa shape index (κ1) is 14.7. The summed E-state index contributed by atoms with van der Waals surface area (Å²) in [5.74, 6) is 5.05. The summed E-state index contributed by atoms with van der Waals surface area (Å²) >= 11 is 0. The minimum Gasteiger partial charge on any atom is -0.320 e. The summed E-state index contributed by atoms with van der Waals surface area (Å²) in [6.45, 7) is 1.98. The third-order valence-corrected chi connectivity index (χ3v) is 2.64. The van der Waals surface area contributed by atoms with Crippen molar-refractivity contribution in [3.63, 3.8) is 0 Å². The summed E-state index contributed by atoms with van der Waals surface area (Å²) in [5.41, 5.74) is 6.92. The van der Waals surface area contributed by atoms with Gasteiger partial charge in [-0.15, -0.1) is 0 Å². The van der Waals surface area contributed by atoms with E-state index >= 15 is 0 Å². The number of nitrogens with zero attached hydrogens (tertiary/aromatic N) is 1. The zero-order valence-corrected chi connectivity index (χ0v) is 11.5. The van der Waals surface area contributed by atoms with Gasteiger partial charge in [0.2, 0.25) is 0 Å². The van der Waals surface area contributed by atoms with Gasteiger partial charge in [0.25, 0.3) is 5.91 Å². The molecule has 5 heteroatoms. The molecule has 1 aromatic heterocycles. The molecule has 0 unspecified atom stereocenters. The van der Waals surface area contributed by atoms with Crippen molar-refractivity contribution in [2.24, 2.45) is 5.73 Å². The largest absolute Gasteiger partial charge is 0.320 e. The number of benzene rings is 1. The maximum atomic E-state index is 13.3. The SMILES string of the molecule is Cc1cc(F)cc(C(=O)Nc2cc(C#CCN)ccn2)c1. The molecule has 0 saturated carbocycles. The lowest BCUT2D eigenvalue weighted by Crippen LogP contribution is -2.13. The number of halogens is 1. The van der Waals surface area contributed by atoms with Crippen molar-refractivity contribution in [2.75, 3.05) is 11.9 Å². The number of hydrogen-bond donors (Lipinski definition) is 2. The molecule has 3 N–H and O–H groups in total. The van der Waals surface area contributed by atoms with E-state index in [0.717, 1.165) is 0 Å². The number of pyridine rings is 1. The van der Waals surface area contributed by atoms with E-state index in [4.69, 9.17) is 5.73 Å². The van der Waals surface area contributed by atoms with Crippen LogP contribution >= 0.6 is 0 Å². The second-order valence-corrected chi connectivity index (χ2v) is 4.41. The fourth-order valence-electron chi connectivity index (χ4n) is 1.79. The van der Waals surface area contributed by atoms with Gasteiger partial charge in [-0.2, -0.15) is 0 Å². The summed E-state index contributed by atoms with van der Waals surface area (Å²) in [6.07, 6.45) is 1.53. The first-order chi connectivity index (χ1) is 10.1. The fraction of sp³-hybridized carbons (Fsp3) is 0.125. The molecular weight excluding hydrogens is 269 g/mol. The Kier molecular flexibility index (Phi) is 4.64. The highest BCUT2D eigenvalue weighted by Crippen LogP contribution is 2.12. The molecule has 0 aliphatic rings. The lowest BCUT2D eigenvalue weighted by Gasteiger charge is -2.06. The number of aromatic nitrogens is 1. The van der Waals surface area contributed by atoms with Crippen LogP contribution in [0.2, 0.25) is 0 Å². The maximum absolute atomic E-state index is 13.3. The van der Waals surface area contributed by atoms with Crippen molar-refractivity contribution in [2.45, 2.75) is 6.92 Å². The Morgan fingerprint density at radius 2 is 2.19 bits per heavy atom. The van der Waals surface area contributed by atoms with Gasteiger partial charge in [-0.3, -0.25) is 4.79 Å². The summed E-state index contributed by atoms with van der Waals surface area (Å²) in [4.78, 5) is 16.1. The normalized spacial score (nSPS) is 9.67. The van der Waals surface area contributed by atoms with Crippen molar-refractivity contribution in [1.29, 1.82) is 0 Å². The molecule has 0 atom stereocenters.